The molecule has 1 atom stereocenters. The van der Waals surface area contributed by atoms with E-state index in [4.69, 9.17) is 4.74 Å². The maximum Gasteiger partial charge on any atom is 0.0568 e. The fraction of sp³-hybridized carbons (Fsp3) is 0.571. The molecule has 1 N–H and O–H groups in total. The van der Waals surface area contributed by atoms with Crippen LogP contribution in [0.2, 0.25) is 0 Å². The number of rotatable bonds is 6. The van der Waals surface area contributed by atoms with Crippen LogP contribution in [0.25, 0.3) is 0 Å². The van der Waals surface area contributed by atoms with Gasteiger partial charge in [0.1, 0.15) is 0 Å². The molecule has 0 saturated heterocycles. The Labute approximate surface area is 99.0 Å². The Kier molecular flexibility index (Phi) is 4.97. The first-order valence-corrected chi connectivity index (χ1v) is 5.86. The summed E-state index contributed by atoms with van der Waals surface area (Å²) in [6.07, 6.45) is 0. The number of benzene rings is 1. The van der Waals surface area contributed by atoms with Crippen LogP contribution < -0.4 is 5.32 Å². The summed E-state index contributed by atoms with van der Waals surface area (Å²) in [5.41, 5.74) is 1.37. The third kappa shape index (κ3) is 3.62. The zero-order valence-corrected chi connectivity index (χ0v) is 10.8. The van der Waals surface area contributed by atoms with Crippen molar-refractivity contribution in [2.45, 2.75) is 32.2 Å². The van der Waals surface area contributed by atoms with E-state index in [0.717, 1.165) is 13.2 Å². The summed E-state index contributed by atoms with van der Waals surface area (Å²) < 4.78 is 5.35. The number of ether oxygens (including phenoxy) is 1. The molecule has 2 heteroatoms. The van der Waals surface area contributed by atoms with E-state index in [2.05, 4.69) is 50.4 Å². The topological polar surface area (TPSA) is 21.3 Å². The fourth-order valence-corrected chi connectivity index (χ4v) is 1.82. The van der Waals surface area contributed by atoms with E-state index in [0.29, 0.717) is 6.04 Å². The standard InChI is InChI=1S/C14H23NO/c1-12(2)15-10-14(3,11-16-4)13-8-6-5-7-9-13/h5-9,12,15H,10-11H2,1-4H3. The Morgan fingerprint density at radius 2 is 1.88 bits per heavy atom. The lowest BCUT2D eigenvalue weighted by Crippen LogP contribution is -2.41. The Morgan fingerprint density at radius 3 is 2.38 bits per heavy atom. The lowest BCUT2D eigenvalue weighted by Gasteiger charge is -2.30. The molecule has 0 fully saturated rings. The summed E-state index contributed by atoms with van der Waals surface area (Å²) in [5.74, 6) is 0. The van der Waals surface area contributed by atoms with Gasteiger partial charge in [0.2, 0.25) is 0 Å². The monoisotopic (exact) mass is 221 g/mol. The van der Waals surface area contributed by atoms with Crippen LogP contribution in [-0.2, 0) is 10.2 Å². The van der Waals surface area contributed by atoms with Crippen LogP contribution in [0.3, 0.4) is 0 Å². The van der Waals surface area contributed by atoms with Gasteiger partial charge in [-0.15, -0.1) is 0 Å². The highest BCUT2D eigenvalue weighted by molar-refractivity contribution is 5.25. The Hall–Kier alpha value is -0.860. The molecule has 0 aliphatic carbocycles. The van der Waals surface area contributed by atoms with E-state index in [1.807, 2.05) is 6.07 Å². The normalized spacial score (nSPS) is 15.1. The van der Waals surface area contributed by atoms with Crippen molar-refractivity contribution in [3.05, 3.63) is 35.9 Å². The van der Waals surface area contributed by atoms with Crippen LogP contribution in [0.5, 0.6) is 0 Å². The molecule has 1 aromatic rings. The second kappa shape index (κ2) is 6.02. The molecule has 2 nitrogen and oxygen atoms in total. The molecule has 0 saturated carbocycles. The molecule has 0 spiro atoms. The molecule has 90 valence electrons. The molecule has 1 rings (SSSR count). The van der Waals surface area contributed by atoms with Crippen molar-refractivity contribution in [1.82, 2.24) is 5.32 Å². The van der Waals surface area contributed by atoms with Crippen molar-refractivity contribution in [3.63, 3.8) is 0 Å². The minimum atomic E-state index is 0.0419. The number of methoxy groups -OCH3 is 1. The van der Waals surface area contributed by atoms with E-state index < -0.39 is 0 Å². The van der Waals surface area contributed by atoms with Crippen LogP contribution >= 0.6 is 0 Å². The average Bonchev–Trinajstić information content (AvgIpc) is 2.28. The van der Waals surface area contributed by atoms with Crippen molar-refractivity contribution in [2.24, 2.45) is 0 Å². The number of nitrogens with one attached hydrogen (secondary N) is 1. The van der Waals surface area contributed by atoms with Gasteiger partial charge in [0.15, 0.2) is 0 Å². The third-order valence-corrected chi connectivity index (χ3v) is 2.83. The largest absolute Gasteiger partial charge is 0.384 e. The van der Waals surface area contributed by atoms with E-state index in [1.165, 1.54) is 5.56 Å². The second-order valence-corrected chi connectivity index (χ2v) is 4.90. The summed E-state index contributed by atoms with van der Waals surface area (Å²) in [7, 11) is 1.76. The average molecular weight is 221 g/mol. The quantitative estimate of drug-likeness (QED) is 0.797. The van der Waals surface area contributed by atoms with E-state index in [9.17, 15) is 0 Å². The van der Waals surface area contributed by atoms with Gasteiger partial charge in [0.05, 0.1) is 6.61 Å². The van der Waals surface area contributed by atoms with Gasteiger partial charge in [-0.3, -0.25) is 0 Å². The molecule has 0 aliphatic rings. The van der Waals surface area contributed by atoms with Gasteiger partial charge in [-0.2, -0.15) is 0 Å². The fourth-order valence-electron chi connectivity index (χ4n) is 1.82. The van der Waals surface area contributed by atoms with E-state index in [-0.39, 0.29) is 5.41 Å². The molecule has 0 aliphatic heterocycles. The molecular weight excluding hydrogens is 198 g/mol. The van der Waals surface area contributed by atoms with Gasteiger partial charge in [0, 0.05) is 25.1 Å². The molecule has 0 amide bonds. The van der Waals surface area contributed by atoms with Crippen LogP contribution in [0, 0.1) is 0 Å². The van der Waals surface area contributed by atoms with Gasteiger partial charge < -0.3 is 10.1 Å². The Balaban J connectivity index is 2.79. The maximum absolute atomic E-state index is 5.35. The molecule has 0 bridgehead atoms. The third-order valence-electron chi connectivity index (χ3n) is 2.83. The zero-order chi connectivity index (χ0) is 12.0. The van der Waals surface area contributed by atoms with E-state index >= 15 is 0 Å². The predicted octanol–water partition coefficient (Wildman–Crippen LogP) is 2.59. The van der Waals surface area contributed by atoms with Crippen molar-refractivity contribution in [3.8, 4) is 0 Å². The SMILES string of the molecule is COCC(C)(CNC(C)C)c1ccccc1. The minimum Gasteiger partial charge on any atom is -0.384 e. The summed E-state index contributed by atoms with van der Waals surface area (Å²) in [6.45, 7) is 8.23. The molecule has 1 unspecified atom stereocenters. The first kappa shape index (κ1) is 13.2. The molecule has 0 radical (unpaired) electrons. The van der Waals surface area contributed by atoms with Gasteiger partial charge in [-0.25, -0.2) is 0 Å². The second-order valence-electron chi connectivity index (χ2n) is 4.90. The molecule has 16 heavy (non-hydrogen) atoms. The van der Waals surface area contributed by atoms with Crippen molar-refractivity contribution in [1.29, 1.82) is 0 Å². The Bertz CT molecular complexity index is 297. The van der Waals surface area contributed by atoms with Crippen LogP contribution in [0.4, 0.5) is 0 Å². The minimum absolute atomic E-state index is 0.0419. The first-order chi connectivity index (χ1) is 7.58. The maximum atomic E-state index is 5.35. The first-order valence-electron chi connectivity index (χ1n) is 5.86. The van der Waals surface area contributed by atoms with Crippen molar-refractivity contribution in [2.75, 3.05) is 20.3 Å². The van der Waals surface area contributed by atoms with E-state index in [1.54, 1.807) is 7.11 Å². The Morgan fingerprint density at radius 1 is 1.25 bits per heavy atom. The van der Waals surface area contributed by atoms with Crippen LogP contribution in [-0.4, -0.2) is 26.3 Å². The number of hydrogen-bond donors (Lipinski definition) is 1. The van der Waals surface area contributed by atoms with Gasteiger partial charge in [-0.1, -0.05) is 51.1 Å². The lowest BCUT2D eigenvalue weighted by atomic mass is 9.83. The molecule has 1 aromatic carbocycles. The zero-order valence-electron chi connectivity index (χ0n) is 10.8. The lowest BCUT2D eigenvalue weighted by molar-refractivity contribution is 0.135. The highest BCUT2D eigenvalue weighted by Gasteiger charge is 2.26. The van der Waals surface area contributed by atoms with Crippen molar-refractivity contribution < 1.29 is 4.74 Å². The van der Waals surface area contributed by atoms with Crippen LogP contribution in [0.1, 0.15) is 26.3 Å². The predicted molar refractivity (Wildman–Crippen MR) is 68.8 cm³/mol. The van der Waals surface area contributed by atoms with Gasteiger partial charge >= 0.3 is 0 Å². The van der Waals surface area contributed by atoms with Crippen LogP contribution in [0.15, 0.2) is 30.3 Å². The highest BCUT2D eigenvalue weighted by atomic mass is 16.5. The molecule has 0 aromatic heterocycles. The summed E-state index contributed by atoms with van der Waals surface area (Å²) in [5, 5.41) is 3.49. The molecular formula is C14H23NO. The number of hydrogen-bond acceptors (Lipinski definition) is 2. The molecule has 0 heterocycles. The van der Waals surface area contributed by atoms with Gasteiger partial charge in [-0.05, 0) is 5.56 Å². The smallest absolute Gasteiger partial charge is 0.0568 e. The summed E-state index contributed by atoms with van der Waals surface area (Å²) >= 11 is 0. The van der Waals surface area contributed by atoms with Gasteiger partial charge in [0.25, 0.3) is 0 Å². The summed E-state index contributed by atoms with van der Waals surface area (Å²) in [4.78, 5) is 0. The summed E-state index contributed by atoms with van der Waals surface area (Å²) in [6, 6.07) is 11.0. The van der Waals surface area contributed by atoms with Crippen molar-refractivity contribution >= 4 is 0 Å². The highest BCUT2D eigenvalue weighted by Crippen LogP contribution is 2.23.